The SMILES string of the molecule is CC(=Cc1ccccc1)Cn1cc(CCCCCc2cnc(N)[nH]2)nn1. The number of nitrogens with zero attached hydrogens (tertiary/aromatic N) is 4. The Kier molecular flexibility index (Phi) is 6.19. The van der Waals surface area contributed by atoms with Crippen molar-refractivity contribution in [3.63, 3.8) is 0 Å². The first kappa shape index (κ1) is 17.9. The number of imidazole rings is 1. The van der Waals surface area contributed by atoms with E-state index in [2.05, 4.69) is 51.6 Å². The topological polar surface area (TPSA) is 85.4 Å². The predicted molar refractivity (Wildman–Crippen MR) is 104 cm³/mol. The van der Waals surface area contributed by atoms with Gasteiger partial charge in [-0.1, -0.05) is 53.6 Å². The summed E-state index contributed by atoms with van der Waals surface area (Å²) in [6.07, 6.45) is 11.4. The lowest BCUT2D eigenvalue weighted by atomic mass is 10.1. The molecule has 3 aromatic rings. The molecular formula is C20H26N6. The van der Waals surface area contributed by atoms with Crippen LogP contribution >= 0.6 is 0 Å². The Hall–Kier alpha value is -2.89. The first-order valence-corrected chi connectivity index (χ1v) is 9.09. The zero-order valence-corrected chi connectivity index (χ0v) is 15.2. The molecule has 3 rings (SSSR count). The van der Waals surface area contributed by atoms with Crippen molar-refractivity contribution < 1.29 is 0 Å². The molecule has 6 heteroatoms. The molecule has 0 saturated heterocycles. The lowest BCUT2D eigenvalue weighted by molar-refractivity contribution is 0.642. The first-order chi connectivity index (χ1) is 12.7. The number of aryl methyl sites for hydroxylation is 2. The molecule has 3 N–H and O–H groups in total. The Morgan fingerprint density at radius 2 is 1.96 bits per heavy atom. The van der Waals surface area contributed by atoms with Gasteiger partial charge in [0.05, 0.1) is 18.4 Å². The minimum atomic E-state index is 0.494. The van der Waals surface area contributed by atoms with Crippen LogP contribution in [-0.2, 0) is 19.4 Å². The van der Waals surface area contributed by atoms with Gasteiger partial charge in [0.2, 0.25) is 0 Å². The second kappa shape index (κ2) is 8.99. The third kappa shape index (κ3) is 5.58. The largest absolute Gasteiger partial charge is 0.369 e. The normalized spacial score (nSPS) is 11.8. The Labute approximate surface area is 154 Å². The van der Waals surface area contributed by atoms with Gasteiger partial charge in [0.25, 0.3) is 0 Å². The number of nitrogens with two attached hydrogens (primary N) is 1. The summed E-state index contributed by atoms with van der Waals surface area (Å²) in [5.74, 6) is 0.494. The highest BCUT2D eigenvalue weighted by Gasteiger charge is 2.03. The summed E-state index contributed by atoms with van der Waals surface area (Å²) in [4.78, 5) is 7.07. The zero-order valence-electron chi connectivity index (χ0n) is 15.2. The van der Waals surface area contributed by atoms with Crippen molar-refractivity contribution >= 4 is 12.0 Å². The van der Waals surface area contributed by atoms with Crippen LogP contribution in [-0.4, -0.2) is 25.0 Å². The third-order valence-electron chi connectivity index (χ3n) is 4.24. The van der Waals surface area contributed by atoms with E-state index in [-0.39, 0.29) is 0 Å². The van der Waals surface area contributed by atoms with Gasteiger partial charge in [-0.3, -0.25) is 0 Å². The molecule has 136 valence electrons. The smallest absolute Gasteiger partial charge is 0.197 e. The van der Waals surface area contributed by atoms with E-state index in [1.807, 2.05) is 29.1 Å². The molecular weight excluding hydrogens is 324 g/mol. The maximum atomic E-state index is 5.58. The lowest BCUT2D eigenvalue weighted by Crippen LogP contribution is -1.99. The molecule has 2 aromatic heterocycles. The summed E-state index contributed by atoms with van der Waals surface area (Å²) in [7, 11) is 0. The summed E-state index contributed by atoms with van der Waals surface area (Å²) in [6.45, 7) is 2.89. The average Bonchev–Trinajstić information content (AvgIpc) is 3.24. The van der Waals surface area contributed by atoms with E-state index in [0.29, 0.717) is 5.95 Å². The minimum absolute atomic E-state index is 0.494. The Morgan fingerprint density at radius 3 is 2.73 bits per heavy atom. The van der Waals surface area contributed by atoms with Crippen LogP contribution in [0.4, 0.5) is 5.95 Å². The van der Waals surface area contributed by atoms with Crippen LogP contribution < -0.4 is 5.73 Å². The van der Waals surface area contributed by atoms with E-state index in [9.17, 15) is 0 Å². The second-order valence-corrected chi connectivity index (χ2v) is 6.66. The van der Waals surface area contributed by atoms with E-state index >= 15 is 0 Å². The second-order valence-electron chi connectivity index (χ2n) is 6.66. The Bertz CT molecular complexity index is 831. The fourth-order valence-electron chi connectivity index (χ4n) is 2.97. The number of aromatic nitrogens is 5. The summed E-state index contributed by atoms with van der Waals surface area (Å²) in [5, 5.41) is 8.53. The standard InChI is InChI=1S/C20H26N6/c1-16(12-17-8-4-2-5-9-17)14-26-15-19(24-25-26)11-7-3-6-10-18-13-22-20(21)23-18/h2,4-5,8-9,12-13,15H,3,6-7,10-11,14H2,1H3,(H3,21,22,23). The van der Waals surface area contributed by atoms with E-state index in [4.69, 9.17) is 5.73 Å². The van der Waals surface area contributed by atoms with Gasteiger partial charge in [0, 0.05) is 11.9 Å². The molecule has 2 heterocycles. The van der Waals surface area contributed by atoms with Gasteiger partial charge in [-0.2, -0.15) is 0 Å². The molecule has 0 spiro atoms. The molecule has 26 heavy (non-hydrogen) atoms. The highest BCUT2D eigenvalue weighted by Crippen LogP contribution is 2.10. The minimum Gasteiger partial charge on any atom is -0.369 e. The van der Waals surface area contributed by atoms with Crippen molar-refractivity contribution in [2.75, 3.05) is 5.73 Å². The van der Waals surface area contributed by atoms with Gasteiger partial charge in [0.1, 0.15) is 0 Å². The molecule has 0 aliphatic rings. The Morgan fingerprint density at radius 1 is 1.15 bits per heavy atom. The van der Waals surface area contributed by atoms with Crippen LogP contribution in [0.3, 0.4) is 0 Å². The van der Waals surface area contributed by atoms with Crippen molar-refractivity contribution in [3.05, 3.63) is 65.2 Å². The van der Waals surface area contributed by atoms with Crippen LogP contribution in [0.5, 0.6) is 0 Å². The van der Waals surface area contributed by atoms with E-state index in [0.717, 1.165) is 50.0 Å². The number of hydrogen-bond donors (Lipinski definition) is 2. The predicted octanol–water partition coefficient (Wildman–Crippen LogP) is 3.64. The van der Waals surface area contributed by atoms with Crippen LogP contribution in [0.15, 0.2) is 48.3 Å². The first-order valence-electron chi connectivity index (χ1n) is 9.09. The molecule has 0 fully saturated rings. The molecule has 1 aromatic carbocycles. The van der Waals surface area contributed by atoms with Crippen molar-refractivity contribution in [2.24, 2.45) is 0 Å². The average molecular weight is 350 g/mol. The highest BCUT2D eigenvalue weighted by molar-refractivity contribution is 5.51. The molecule has 0 unspecified atom stereocenters. The monoisotopic (exact) mass is 350 g/mol. The van der Waals surface area contributed by atoms with E-state index in [1.54, 1.807) is 0 Å². The maximum absolute atomic E-state index is 5.58. The number of rotatable bonds is 9. The summed E-state index contributed by atoms with van der Waals surface area (Å²) in [6, 6.07) is 10.3. The van der Waals surface area contributed by atoms with Crippen LogP contribution in [0.25, 0.3) is 6.08 Å². The van der Waals surface area contributed by atoms with Crippen molar-refractivity contribution in [1.82, 2.24) is 25.0 Å². The molecule has 0 amide bonds. The number of benzene rings is 1. The van der Waals surface area contributed by atoms with Gasteiger partial charge in [-0.05, 0) is 38.2 Å². The molecule has 0 bridgehead atoms. The van der Waals surface area contributed by atoms with Crippen LogP contribution in [0, 0.1) is 0 Å². The molecule has 0 saturated carbocycles. The fourth-order valence-corrected chi connectivity index (χ4v) is 2.97. The van der Waals surface area contributed by atoms with Gasteiger partial charge in [-0.15, -0.1) is 5.10 Å². The number of hydrogen-bond acceptors (Lipinski definition) is 4. The maximum Gasteiger partial charge on any atom is 0.197 e. The summed E-state index contributed by atoms with van der Waals surface area (Å²) in [5.41, 5.74) is 10.2. The van der Waals surface area contributed by atoms with Crippen molar-refractivity contribution in [1.29, 1.82) is 0 Å². The van der Waals surface area contributed by atoms with E-state index < -0.39 is 0 Å². The third-order valence-corrected chi connectivity index (χ3v) is 4.24. The Balaban J connectivity index is 1.39. The fraction of sp³-hybridized carbons (Fsp3) is 0.350. The summed E-state index contributed by atoms with van der Waals surface area (Å²) >= 11 is 0. The van der Waals surface area contributed by atoms with Gasteiger partial charge >= 0.3 is 0 Å². The van der Waals surface area contributed by atoms with Crippen LogP contribution in [0.2, 0.25) is 0 Å². The lowest BCUT2D eigenvalue weighted by Gasteiger charge is -2.01. The van der Waals surface area contributed by atoms with Gasteiger partial charge < -0.3 is 10.7 Å². The molecule has 0 atom stereocenters. The molecule has 0 aliphatic heterocycles. The van der Waals surface area contributed by atoms with Gasteiger partial charge in [-0.25, -0.2) is 9.67 Å². The number of aromatic amines is 1. The molecule has 0 radical (unpaired) electrons. The number of H-pyrrole nitrogens is 1. The molecule has 0 aliphatic carbocycles. The van der Waals surface area contributed by atoms with Gasteiger partial charge in [0.15, 0.2) is 5.95 Å². The number of nitrogen functional groups attached to an aromatic ring is 1. The highest BCUT2D eigenvalue weighted by atomic mass is 15.4. The van der Waals surface area contributed by atoms with E-state index in [1.165, 1.54) is 11.1 Å². The number of nitrogens with one attached hydrogen (secondary N) is 1. The number of anilines is 1. The quantitative estimate of drug-likeness (QED) is 0.577. The van der Waals surface area contributed by atoms with Crippen molar-refractivity contribution in [3.8, 4) is 0 Å². The zero-order chi connectivity index (χ0) is 18.2. The van der Waals surface area contributed by atoms with Crippen molar-refractivity contribution in [2.45, 2.75) is 45.6 Å². The van der Waals surface area contributed by atoms with Crippen LogP contribution in [0.1, 0.15) is 43.1 Å². The number of unbranched alkanes of at least 4 members (excludes halogenated alkanes) is 2. The summed E-state index contributed by atoms with van der Waals surface area (Å²) < 4.78 is 1.91. The number of allylic oxidation sites excluding steroid dienone is 1. The molecule has 6 nitrogen and oxygen atoms in total.